The lowest BCUT2D eigenvalue weighted by Gasteiger charge is -2.29. The third kappa shape index (κ3) is 5.20. The molecular formula is C19H27N3O2. The predicted molar refractivity (Wildman–Crippen MR) is 96.4 cm³/mol. The van der Waals surface area contributed by atoms with Crippen LogP contribution in [0.2, 0.25) is 0 Å². The largest absolute Gasteiger partial charge is 0.355 e. The molecule has 0 aliphatic carbocycles. The smallest absolute Gasteiger partial charge is 0.237 e. The van der Waals surface area contributed by atoms with Crippen molar-refractivity contribution in [3.05, 3.63) is 42.0 Å². The van der Waals surface area contributed by atoms with Gasteiger partial charge in [0.1, 0.15) is 0 Å². The molecule has 5 nitrogen and oxygen atoms in total. The summed E-state index contributed by atoms with van der Waals surface area (Å²) in [4.78, 5) is 27.9. The molecule has 2 amide bonds. The predicted octanol–water partition coefficient (Wildman–Crippen LogP) is 1.76. The third-order valence-corrected chi connectivity index (χ3v) is 4.25. The summed E-state index contributed by atoms with van der Waals surface area (Å²) in [6.07, 6.45) is 3.01. The second-order valence-corrected chi connectivity index (χ2v) is 5.94. The monoisotopic (exact) mass is 329 g/mol. The van der Waals surface area contributed by atoms with Crippen molar-refractivity contribution in [1.29, 1.82) is 0 Å². The van der Waals surface area contributed by atoms with Crippen LogP contribution >= 0.6 is 0 Å². The molecule has 0 radical (unpaired) electrons. The van der Waals surface area contributed by atoms with Gasteiger partial charge in [0.15, 0.2) is 0 Å². The maximum atomic E-state index is 12.5. The molecule has 1 N–H and O–H groups in total. The lowest BCUT2D eigenvalue weighted by atomic mass is 9.99. The summed E-state index contributed by atoms with van der Waals surface area (Å²) in [5.41, 5.74) is 2.53. The minimum absolute atomic E-state index is 0.0305. The Morgan fingerprint density at radius 3 is 2.50 bits per heavy atom. The van der Waals surface area contributed by atoms with Gasteiger partial charge in [-0.05, 0) is 31.0 Å². The van der Waals surface area contributed by atoms with Crippen molar-refractivity contribution < 1.29 is 9.59 Å². The molecule has 2 rings (SSSR count). The maximum Gasteiger partial charge on any atom is 0.237 e. The molecule has 1 aliphatic heterocycles. The maximum absolute atomic E-state index is 12.5. The van der Waals surface area contributed by atoms with E-state index in [0.717, 1.165) is 13.0 Å². The highest BCUT2D eigenvalue weighted by atomic mass is 16.2. The fourth-order valence-corrected chi connectivity index (χ4v) is 2.84. The molecule has 0 saturated carbocycles. The molecule has 0 saturated heterocycles. The van der Waals surface area contributed by atoms with Crippen LogP contribution in [0.15, 0.2) is 36.4 Å². The van der Waals surface area contributed by atoms with Crippen LogP contribution in [0.4, 0.5) is 0 Å². The average Bonchev–Trinajstić information content (AvgIpc) is 2.62. The first kappa shape index (κ1) is 18.2. The number of hydrogen-bond donors (Lipinski definition) is 1. The van der Waals surface area contributed by atoms with Crippen LogP contribution in [0, 0.1) is 0 Å². The highest BCUT2D eigenvalue weighted by molar-refractivity contribution is 5.82. The zero-order chi connectivity index (χ0) is 17.4. The van der Waals surface area contributed by atoms with Crippen LogP contribution in [0.3, 0.4) is 0 Å². The van der Waals surface area contributed by atoms with Crippen LogP contribution in [0.25, 0.3) is 5.57 Å². The molecule has 130 valence electrons. The van der Waals surface area contributed by atoms with Gasteiger partial charge < -0.3 is 10.2 Å². The first-order valence-electron chi connectivity index (χ1n) is 8.65. The number of benzene rings is 1. The van der Waals surface area contributed by atoms with Gasteiger partial charge in [-0.1, -0.05) is 43.3 Å². The third-order valence-electron chi connectivity index (χ3n) is 4.25. The molecule has 0 fully saturated rings. The van der Waals surface area contributed by atoms with Gasteiger partial charge in [0.25, 0.3) is 0 Å². The van der Waals surface area contributed by atoms with Crippen molar-refractivity contribution >= 4 is 17.4 Å². The minimum atomic E-state index is -0.0305. The lowest BCUT2D eigenvalue weighted by molar-refractivity contribution is -0.132. The summed E-state index contributed by atoms with van der Waals surface area (Å²) in [5, 5.41) is 2.77. The van der Waals surface area contributed by atoms with Gasteiger partial charge in [0.05, 0.1) is 13.1 Å². The number of rotatable bonds is 7. The normalized spacial score (nSPS) is 14.5. The summed E-state index contributed by atoms with van der Waals surface area (Å²) < 4.78 is 0. The van der Waals surface area contributed by atoms with Gasteiger partial charge in [0.2, 0.25) is 11.8 Å². The first-order valence-corrected chi connectivity index (χ1v) is 8.65. The zero-order valence-electron chi connectivity index (χ0n) is 14.6. The van der Waals surface area contributed by atoms with Crippen LogP contribution in [-0.4, -0.2) is 60.9 Å². The molecule has 1 aromatic carbocycles. The molecule has 0 atom stereocenters. The SMILES string of the molecule is CCNC(=O)CN(CC)CC(=O)N1CC=C(c2ccccc2)CC1. The summed E-state index contributed by atoms with van der Waals surface area (Å²) in [5.74, 6) is 0.0570. The Labute approximate surface area is 144 Å². The van der Waals surface area contributed by atoms with Crippen molar-refractivity contribution in [2.45, 2.75) is 20.3 Å². The number of hydrogen-bond acceptors (Lipinski definition) is 3. The fourth-order valence-electron chi connectivity index (χ4n) is 2.84. The molecule has 0 aromatic heterocycles. The first-order chi connectivity index (χ1) is 11.6. The topological polar surface area (TPSA) is 52.7 Å². The van der Waals surface area contributed by atoms with Crippen LogP contribution in [0.5, 0.6) is 0 Å². The standard InChI is InChI=1S/C19H27N3O2/c1-3-20-18(23)14-21(4-2)15-19(24)22-12-10-17(11-13-22)16-8-6-5-7-9-16/h5-10H,3-4,11-15H2,1-2H3,(H,20,23). The number of nitrogens with zero attached hydrogens (tertiary/aromatic N) is 2. The van der Waals surface area contributed by atoms with Crippen molar-refractivity contribution in [3.63, 3.8) is 0 Å². The quantitative estimate of drug-likeness (QED) is 0.829. The van der Waals surface area contributed by atoms with E-state index in [2.05, 4.69) is 23.5 Å². The number of carbonyl (C=O) groups is 2. The van der Waals surface area contributed by atoms with Gasteiger partial charge >= 0.3 is 0 Å². The van der Waals surface area contributed by atoms with E-state index in [1.807, 2.05) is 41.8 Å². The molecule has 24 heavy (non-hydrogen) atoms. The Kier molecular flexibility index (Phi) is 7.00. The number of carbonyl (C=O) groups excluding carboxylic acids is 2. The van der Waals surface area contributed by atoms with E-state index >= 15 is 0 Å². The zero-order valence-corrected chi connectivity index (χ0v) is 14.6. The average molecular weight is 329 g/mol. The van der Waals surface area contributed by atoms with Crippen molar-refractivity contribution in [2.24, 2.45) is 0 Å². The fraction of sp³-hybridized carbons (Fsp3) is 0.474. The summed E-state index contributed by atoms with van der Waals surface area (Å²) >= 11 is 0. The van der Waals surface area contributed by atoms with E-state index in [1.54, 1.807) is 0 Å². The van der Waals surface area contributed by atoms with Gasteiger partial charge in [-0.3, -0.25) is 14.5 Å². The molecule has 0 unspecified atom stereocenters. The highest BCUT2D eigenvalue weighted by Gasteiger charge is 2.20. The van der Waals surface area contributed by atoms with Crippen LogP contribution in [0.1, 0.15) is 25.8 Å². The van der Waals surface area contributed by atoms with E-state index in [1.165, 1.54) is 11.1 Å². The Bertz CT molecular complexity index is 584. The van der Waals surface area contributed by atoms with Gasteiger partial charge in [0, 0.05) is 19.6 Å². The van der Waals surface area contributed by atoms with Gasteiger partial charge in [-0.2, -0.15) is 0 Å². The Hall–Kier alpha value is -2.14. The molecule has 1 aromatic rings. The van der Waals surface area contributed by atoms with E-state index in [0.29, 0.717) is 26.2 Å². The van der Waals surface area contributed by atoms with Crippen LogP contribution < -0.4 is 5.32 Å². The van der Waals surface area contributed by atoms with Crippen molar-refractivity contribution in [2.75, 3.05) is 39.3 Å². The minimum Gasteiger partial charge on any atom is -0.355 e. The highest BCUT2D eigenvalue weighted by Crippen LogP contribution is 2.21. The molecule has 1 aliphatic rings. The number of likely N-dealkylation sites (N-methyl/N-ethyl adjacent to an activating group) is 2. The van der Waals surface area contributed by atoms with E-state index in [4.69, 9.17) is 0 Å². The van der Waals surface area contributed by atoms with Crippen molar-refractivity contribution in [3.8, 4) is 0 Å². The second kappa shape index (κ2) is 9.23. The Morgan fingerprint density at radius 2 is 1.92 bits per heavy atom. The molecule has 0 spiro atoms. The second-order valence-electron chi connectivity index (χ2n) is 5.94. The molecular weight excluding hydrogens is 302 g/mol. The summed E-state index contributed by atoms with van der Waals surface area (Å²) in [7, 11) is 0. The van der Waals surface area contributed by atoms with E-state index < -0.39 is 0 Å². The van der Waals surface area contributed by atoms with E-state index in [9.17, 15) is 9.59 Å². The van der Waals surface area contributed by atoms with Crippen LogP contribution in [-0.2, 0) is 9.59 Å². The van der Waals surface area contributed by atoms with Crippen molar-refractivity contribution in [1.82, 2.24) is 15.1 Å². The summed E-state index contributed by atoms with van der Waals surface area (Å²) in [6, 6.07) is 10.3. The Morgan fingerprint density at radius 1 is 1.17 bits per heavy atom. The molecule has 5 heteroatoms. The lowest BCUT2D eigenvalue weighted by Crippen LogP contribution is -2.45. The van der Waals surface area contributed by atoms with Gasteiger partial charge in [-0.15, -0.1) is 0 Å². The van der Waals surface area contributed by atoms with E-state index in [-0.39, 0.29) is 18.4 Å². The van der Waals surface area contributed by atoms with Gasteiger partial charge in [-0.25, -0.2) is 0 Å². The molecule has 0 bridgehead atoms. The number of nitrogens with one attached hydrogen (secondary N) is 1. The Balaban J connectivity index is 1.87. The molecule has 1 heterocycles. The number of amides is 2. The summed E-state index contributed by atoms with van der Waals surface area (Å²) in [6.45, 7) is 7.10.